The van der Waals surface area contributed by atoms with Crippen molar-refractivity contribution < 1.29 is 4.42 Å². The lowest BCUT2D eigenvalue weighted by Crippen LogP contribution is -1.80. The molecule has 3 aromatic carbocycles. The fraction of sp³-hybridized carbons (Fsp3) is 0.0455. The van der Waals surface area contributed by atoms with Gasteiger partial charge < -0.3 is 4.42 Å². The average molecular weight is 309 g/mol. The van der Waals surface area contributed by atoms with Gasteiger partial charge in [-0.1, -0.05) is 48.0 Å². The Morgan fingerprint density at radius 1 is 0.792 bits per heavy atom. The van der Waals surface area contributed by atoms with E-state index in [4.69, 9.17) is 4.42 Å². The normalized spacial score (nSPS) is 11.5. The molecule has 114 valence electrons. The van der Waals surface area contributed by atoms with Crippen LogP contribution < -0.4 is 0 Å². The maximum Gasteiger partial charge on any atom is 0.145 e. The van der Waals surface area contributed by atoms with E-state index in [1.54, 1.807) is 0 Å². The number of furan rings is 1. The minimum absolute atomic E-state index is 0.881. The Kier molecular flexibility index (Phi) is 2.74. The van der Waals surface area contributed by atoms with Crippen molar-refractivity contribution in [1.82, 2.24) is 4.98 Å². The number of aromatic nitrogens is 1. The first-order chi connectivity index (χ1) is 11.8. The Hall–Kier alpha value is -3.13. The van der Waals surface area contributed by atoms with Crippen LogP contribution in [0.15, 0.2) is 77.3 Å². The van der Waals surface area contributed by atoms with Crippen LogP contribution in [0.2, 0.25) is 0 Å². The van der Waals surface area contributed by atoms with Crippen molar-refractivity contribution >= 4 is 32.6 Å². The Morgan fingerprint density at radius 3 is 2.58 bits per heavy atom. The van der Waals surface area contributed by atoms with Crippen LogP contribution >= 0.6 is 0 Å². The molecule has 0 saturated carbocycles. The zero-order valence-corrected chi connectivity index (χ0v) is 13.3. The molecule has 2 heteroatoms. The molecule has 2 aromatic heterocycles. The highest BCUT2D eigenvalue weighted by molar-refractivity contribution is 6.03. The first kappa shape index (κ1) is 13.3. The molecule has 0 N–H and O–H groups in total. The van der Waals surface area contributed by atoms with Gasteiger partial charge in [-0.15, -0.1) is 0 Å². The van der Waals surface area contributed by atoms with E-state index in [1.807, 2.05) is 12.3 Å². The Bertz CT molecular complexity index is 1220. The molecule has 0 fully saturated rings. The predicted molar refractivity (Wildman–Crippen MR) is 99.2 cm³/mol. The van der Waals surface area contributed by atoms with E-state index < -0.39 is 0 Å². The maximum absolute atomic E-state index is 6.23. The maximum atomic E-state index is 6.23. The summed E-state index contributed by atoms with van der Waals surface area (Å²) in [6.07, 6.45) is 1.89. The molecule has 5 aromatic rings. The molecular weight excluding hydrogens is 294 g/mol. The van der Waals surface area contributed by atoms with E-state index in [0.717, 1.165) is 33.2 Å². The highest BCUT2D eigenvalue weighted by Crippen LogP contribution is 2.33. The Balaban J connectivity index is 1.76. The number of hydrogen-bond acceptors (Lipinski definition) is 2. The van der Waals surface area contributed by atoms with Crippen LogP contribution in [-0.2, 0) is 0 Å². The molecule has 0 saturated heterocycles. The van der Waals surface area contributed by atoms with E-state index >= 15 is 0 Å². The van der Waals surface area contributed by atoms with Gasteiger partial charge in [0.25, 0.3) is 0 Å². The number of aryl methyl sites for hydroxylation is 1. The first-order valence-corrected chi connectivity index (χ1v) is 8.06. The summed E-state index contributed by atoms with van der Waals surface area (Å²) in [5.74, 6) is 0.881. The summed E-state index contributed by atoms with van der Waals surface area (Å²) < 4.78 is 6.23. The van der Waals surface area contributed by atoms with Crippen LogP contribution in [0.25, 0.3) is 44.0 Å². The van der Waals surface area contributed by atoms with E-state index in [0.29, 0.717) is 0 Å². The van der Waals surface area contributed by atoms with Gasteiger partial charge in [-0.3, -0.25) is 4.98 Å². The number of nitrogens with zero attached hydrogens (tertiary/aromatic N) is 1. The minimum Gasteiger partial charge on any atom is -0.455 e. The summed E-state index contributed by atoms with van der Waals surface area (Å²) >= 11 is 0. The molecule has 0 spiro atoms. The molecule has 0 aliphatic rings. The molecule has 0 bridgehead atoms. The second-order valence-electron chi connectivity index (χ2n) is 6.24. The summed E-state index contributed by atoms with van der Waals surface area (Å²) in [5, 5.41) is 4.56. The van der Waals surface area contributed by atoms with E-state index in [-0.39, 0.29) is 0 Å². The van der Waals surface area contributed by atoms with Crippen LogP contribution in [-0.4, -0.2) is 4.98 Å². The van der Waals surface area contributed by atoms with Crippen molar-refractivity contribution in [2.45, 2.75) is 6.92 Å². The fourth-order valence-electron chi connectivity index (χ4n) is 3.28. The third-order valence-electron chi connectivity index (χ3n) is 4.53. The topological polar surface area (TPSA) is 26.0 Å². The van der Waals surface area contributed by atoms with Gasteiger partial charge >= 0.3 is 0 Å². The predicted octanol–water partition coefficient (Wildman–Crippen LogP) is 6.11. The summed E-state index contributed by atoms with van der Waals surface area (Å²) in [6.45, 7) is 2.09. The summed E-state index contributed by atoms with van der Waals surface area (Å²) in [4.78, 5) is 4.55. The highest BCUT2D eigenvalue weighted by Gasteiger charge is 2.11. The molecule has 0 amide bonds. The zero-order chi connectivity index (χ0) is 16.1. The van der Waals surface area contributed by atoms with E-state index in [1.165, 1.54) is 16.3 Å². The Labute approximate surface area is 139 Å². The third kappa shape index (κ3) is 2.00. The molecule has 0 radical (unpaired) electrons. The van der Waals surface area contributed by atoms with Crippen molar-refractivity contribution in [2.75, 3.05) is 0 Å². The molecule has 0 aliphatic carbocycles. The van der Waals surface area contributed by atoms with Crippen LogP contribution in [0.4, 0.5) is 0 Å². The van der Waals surface area contributed by atoms with Crippen molar-refractivity contribution in [1.29, 1.82) is 0 Å². The van der Waals surface area contributed by atoms with Crippen molar-refractivity contribution in [3.05, 3.63) is 78.5 Å². The van der Waals surface area contributed by atoms with Gasteiger partial charge in [0.2, 0.25) is 0 Å². The summed E-state index contributed by atoms with van der Waals surface area (Å²) in [6, 6.07) is 23.1. The number of benzene rings is 3. The number of pyridine rings is 1. The summed E-state index contributed by atoms with van der Waals surface area (Å²) in [5.41, 5.74) is 4.17. The second kappa shape index (κ2) is 4.93. The van der Waals surface area contributed by atoms with Gasteiger partial charge in [0, 0.05) is 22.5 Å². The lowest BCUT2D eigenvalue weighted by Gasteiger charge is -2.01. The monoisotopic (exact) mass is 309 g/mol. The lowest BCUT2D eigenvalue weighted by molar-refractivity contribution is 0.635. The van der Waals surface area contributed by atoms with E-state index in [2.05, 4.69) is 72.6 Å². The van der Waals surface area contributed by atoms with Crippen LogP contribution in [0.1, 0.15) is 5.56 Å². The van der Waals surface area contributed by atoms with Crippen LogP contribution in [0, 0.1) is 6.92 Å². The lowest BCUT2D eigenvalue weighted by atomic mass is 10.1. The fourth-order valence-corrected chi connectivity index (χ4v) is 3.28. The van der Waals surface area contributed by atoms with Gasteiger partial charge in [0.1, 0.15) is 11.3 Å². The van der Waals surface area contributed by atoms with Gasteiger partial charge in [0.05, 0.1) is 5.52 Å². The number of hydrogen-bond donors (Lipinski definition) is 0. The highest BCUT2D eigenvalue weighted by atomic mass is 16.3. The third-order valence-corrected chi connectivity index (χ3v) is 4.53. The number of rotatable bonds is 1. The Morgan fingerprint density at radius 2 is 1.67 bits per heavy atom. The summed E-state index contributed by atoms with van der Waals surface area (Å²) in [7, 11) is 0. The number of fused-ring (bicyclic) bond motifs is 4. The van der Waals surface area contributed by atoms with Gasteiger partial charge in [-0.05, 0) is 42.0 Å². The largest absolute Gasteiger partial charge is 0.455 e. The first-order valence-electron chi connectivity index (χ1n) is 8.06. The van der Waals surface area contributed by atoms with Crippen molar-refractivity contribution in [3.8, 4) is 11.3 Å². The zero-order valence-electron chi connectivity index (χ0n) is 13.3. The average Bonchev–Trinajstić information content (AvgIpc) is 3.06. The molecule has 24 heavy (non-hydrogen) atoms. The molecular formula is C22H15NO. The SMILES string of the molecule is Cc1ccc2ncc3cc(-c4ccc5ccccc5c4)oc3c2c1. The molecule has 2 nitrogen and oxygen atoms in total. The molecule has 5 rings (SSSR count). The molecule has 0 aliphatic heterocycles. The molecule has 0 atom stereocenters. The minimum atomic E-state index is 0.881. The molecule has 0 unspecified atom stereocenters. The van der Waals surface area contributed by atoms with Gasteiger partial charge in [-0.25, -0.2) is 0 Å². The van der Waals surface area contributed by atoms with Crippen molar-refractivity contribution in [2.24, 2.45) is 0 Å². The standard InChI is InChI=1S/C22H15NO/c1-14-6-9-20-19(10-14)22-18(13-23-20)12-21(24-22)17-8-7-15-4-2-3-5-16(15)11-17/h2-13H,1H3. The molecule has 2 heterocycles. The van der Waals surface area contributed by atoms with Crippen LogP contribution in [0.5, 0.6) is 0 Å². The van der Waals surface area contributed by atoms with Gasteiger partial charge in [0.15, 0.2) is 0 Å². The van der Waals surface area contributed by atoms with E-state index in [9.17, 15) is 0 Å². The smallest absolute Gasteiger partial charge is 0.145 e. The van der Waals surface area contributed by atoms with Crippen LogP contribution in [0.3, 0.4) is 0 Å². The quantitative estimate of drug-likeness (QED) is 0.373. The van der Waals surface area contributed by atoms with Crippen molar-refractivity contribution in [3.63, 3.8) is 0 Å². The second-order valence-corrected chi connectivity index (χ2v) is 6.24. The van der Waals surface area contributed by atoms with Gasteiger partial charge in [-0.2, -0.15) is 0 Å².